The molecule has 1 aromatic heterocycles. The number of nitrogens with one attached hydrogen (secondary N) is 1. The van der Waals surface area contributed by atoms with E-state index in [0.29, 0.717) is 6.54 Å². The fraction of sp³-hybridized carbons (Fsp3) is 0.200. The molecule has 0 bridgehead atoms. The predicted molar refractivity (Wildman–Crippen MR) is 82.1 cm³/mol. The van der Waals surface area contributed by atoms with E-state index in [1.54, 1.807) is 30.6 Å². The van der Waals surface area contributed by atoms with E-state index in [2.05, 4.69) is 10.3 Å². The summed E-state index contributed by atoms with van der Waals surface area (Å²) < 4.78 is 27.4. The van der Waals surface area contributed by atoms with Crippen LogP contribution < -0.4 is 9.50 Å². The van der Waals surface area contributed by atoms with Gasteiger partial charge >= 0.3 is 10.1 Å². The van der Waals surface area contributed by atoms with E-state index in [0.717, 1.165) is 17.4 Å². The Labute approximate surface area is 129 Å². The summed E-state index contributed by atoms with van der Waals surface area (Å²) in [6.07, 6.45) is 4.22. The van der Waals surface area contributed by atoms with Crippen LogP contribution in [0.2, 0.25) is 0 Å². The third-order valence-corrected chi connectivity index (χ3v) is 3.28. The zero-order chi connectivity index (χ0) is 16.2. The first kappa shape index (κ1) is 16.0. The molecule has 116 valence electrons. The molecule has 1 aromatic carbocycles. The van der Waals surface area contributed by atoms with Gasteiger partial charge in [-0.05, 0) is 30.7 Å². The lowest BCUT2D eigenvalue weighted by molar-refractivity contribution is 0.0949. The van der Waals surface area contributed by atoms with Crippen LogP contribution in [0.4, 0.5) is 0 Å². The Bertz CT molecular complexity index is 773. The molecular weight excluding hydrogens is 304 g/mol. The molecule has 1 heterocycles. The molecule has 0 saturated heterocycles. The van der Waals surface area contributed by atoms with Gasteiger partial charge in [-0.2, -0.15) is 8.42 Å². The van der Waals surface area contributed by atoms with E-state index in [1.807, 2.05) is 13.0 Å². The van der Waals surface area contributed by atoms with E-state index in [1.165, 1.54) is 6.07 Å². The van der Waals surface area contributed by atoms with Gasteiger partial charge in [-0.25, -0.2) is 0 Å². The summed E-state index contributed by atoms with van der Waals surface area (Å²) in [5.74, 6) is -0.400. The maximum absolute atomic E-state index is 12.3. The van der Waals surface area contributed by atoms with Gasteiger partial charge in [-0.3, -0.25) is 9.78 Å². The third kappa shape index (κ3) is 4.56. The molecule has 0 fully saturated rings. The quantitative estimate of drug-likeness (QED) is 0.847. The van der Waals surface area contributed by atoms with E-state index in [4.69, 9.17) is 4.18 Å². The maximum atomic E-state index is 12.3. The van der Waals surface area contributed by atoms with Crippen LogP contribution in [0.1, 0.15) is 21.5 Å². The monoisotopic (exact) mass is 320 g/mol. The van der Waals surface area contributed by atoms with Crippen LogP contribution in [0, 0.1) is 6.92 Å². The van der Waals surface area contributed by atoms with Crippen molar-refractivity contribution in [2.75, 3.05) is 6.26 Å². The predicted octanol–water partition coefficient (Wildman–Crippen LogP) is 1.66. The molecule has 2 aromatic rings. The Morgan fingerprint density at radius 3 is 2.73 bits per heavy atom. The van der Waals surface area contributed by atoms with Crippen molar-refractivity contribution in [2.45, 2.75) is 13.5 Å². The van der Waals surface area contributed by atoms with Gasteiger partial charge in [0.25, 0.3) is 5.91 Å². The Balaban J connectivity index is 2.19. The highest BCUT2D eigenvalue weighted by Crippen LogP contribution is 2.21. The van der Waals surface area contributed by atoms with Crippen molar-refractivity contribution in [3.63, 3.8) is 0 Å². The van der Waals surface area contributed by atoms with Crippen LogP contribution in [-0.2, 0) is 16.7 Å². The molecule has 0 atom stereocenters. The second-order valence-corrected chi connectivity index (χ2v) is 6.41. The van der Waals surface area contributed by atoms with E-state index in [9.17, 15) is 13.2 Å². The first-order chi connectivity index (χ1) is 10.3. The number of amides is 1. The number of benzene rings is 1. The van der Waals surface area contributed by atoms with Crippen LogP contribution in [0.5, 0.6) is 5.75 Å². The summed E-state index contributed by atoms with van der Waals surface area (Å²) in [6, 6.07) is 8.33. The van der Waals surface area contributed by atoms with Gasteiger partial charge in [0.15, 0.2) is 5.75 Å². The van der Waals surface area contributed by atoms with Crippen molar-refractivity contribution in [3.8, 4) is 5.75 Å². The topological polar surface area (TPSA) is 85.4 Å². The molecule has 0 aliphatic carbocycles. The summed E-state index contributed by atoms with van der Waals surface area (Å²) >= 11 is 0. The largest absolute Gasteiger partial charge is 0.382 e. The molecular formula is C15H16N2O4S. The number of hydrogen-bond donors (Lipinski definition) is 1. The highest BCUT2D eigenvalue weighted by molar-refractivity contribution is 7.86. The maximum Gasteiger partial charge on any atom is 0.306 e. The fourth-order valence-electron chi connectivity index (χ4n) is 1.84. The Morgan fingerprint density at radius 2 is 2.09 bits per heavy atom. The highest BCUT2D eigenvalue weighted by atomic mass is 32.2. The lowest BCUT2D eigenvalue weighted by Gasteiger charge is -2.11. The second-order valence-electron chi connectivity index (χ2n) is 4.83. The molecule has 0 spiro atoms. The van der Waals surface area contributed by atoms with Crippen LogP contribution in [0.25, 0.3) is 0 Å². The first-order valence-corrected chi connectivity index (χ1v) is 8.34. The SMILES string of the molecule is Cc1ccc(OS(C)(=O)=O)c(C(=O)NCc2cccnc2)c1. The number of hydrogen-bond acceptors (Lipinski definition) is 5. The second kappa shape index (κ2) is 6.57. The molecule has 2 rings (SSSR count). The molecule has 0 radical (unpaired) electrons. The van der Waals surface area contributed by atoms with Crippen molar-refractivity contribution in [2.24, 2.45) is 0 Å². The zero-order valence-corrected chi connectivity index (χ0v) is 13.1. The summed E-state index contributed by atoms with van der Waals surface area (Å²) in [6.45, 7) is 2.10. The zero-order valence-electron chi connectivity index (χ0n) is 12.2. The van der Waals surface area contributed by atoms with Crippen LogP contribution >= 0.6 is 0 Å². The van der Waals surface area contributed by atoms with Gasteiger partial charge in [-0.1, -0.05) is 17.7 Å². The Hall–Kier alpha value is -2.41. The Morgan fingerprint density at radius 1 is 1.32 bits per heavy atom. The van der Waals surface area contributed by atoms with Crippen LogP contribution in [-0.4, -0.2) is 25.6 Å². The van der Waals surface area contributed by atoms with Gasteiger partial charge in [0, 0.05) is 18.9 Å². The molecule has 0 saturated carbocycles. The van der Waals surface area contributed by atoms with E-state index in [-0.39, 0.29) is 11.3 Å². The highest BCUT2D eigenvalue weighted by Gasteiger charge is 2.16. The van der Waals surface area contributed by atoms with Gasteiger partial charge in [0.1, 0.15) is 0 Å². The van der Waals surface area contributed by atoms with Crippen LogP contribution in [0.15, 0.2) is 42.7 Å². The number of pyridine rings is 1. The number of carbonyl (C=O) groups is 1. The van der Waals surface area contributed by atoms with E-state index >= 15 is 0 Å². The van der Waals surface area contributed by atoms with Crippen molar-refractivity contribution in [1.29, 1.82) is 0 Å². The minimum Gasteiger partial charge on any atom is -0.382 e. The van der Waals surface area contributed by atoms with Crippen molar-refractivity contribution < 1.29 is 17.4 Å². The summed E-state index contributed by atoms with van der Waals surface area (Å²) in [4.78, 5) is 16.2. The van der Waals surface area contributed by atoms with Gasteiger partial charge in [-0.15, -0.1) is 0 Å². The molecule has 1 N–H and O–H groups in total. The minimum atomic E-state index is -3.70. The summed E-state index contributed by atoms with van der Waals surface area (Å²) in [5, 5.41) is 2.71. The lowest BCUT2D eigenvalue weighted by Crippen LogP contribution is -2.24. The smallest absolute Gasteiger partial charge is 0.306 e. The Kier molecular flexibility index (Phi) is 4.77. The number of aryl methyl sites for hydroxylation is 1. The van der Waals surface area contributed by atoms with Crippen molar-refractivity contribution in [1.82, 2.24) is 10.3 Å². The van der Waals surface area contributed by atoms with E-state index < -0.39 is 16.0 Å². The fourth-order valence-corrected chi connectivity index (χ4v) is 2.31. The number of nitrogens with zero attached hydrogens (tertiary/aromatic N) is 1. The van der Waals surface area contributed by atoms with Gasteiger partial charge < -0.3 is 9.50 Å². The van der Waals surface area contributed by atoms with Crippen molar-refractivity contribution in [3.05, 3.63) is 59.4 Å². The molecule has 7 heteroatoms. The van der Waals surface area contributed by atoms with Gasteiger partial charge in [0.05, 0.1) is 11.8 Å². The standard InChI is InChI=1S/C15H16N2O4S/c1-11-5-6-14(21-22(2,19)20)13(8-11)15(18)17-10-12-4-3-7-16-9-12/h3-9H,10H2,1-2H3,(H,17,18). The van der Waals surface area contributed by atoms with Crippen LogP contribution in [0.3, 0.4) is 0 Å². The average Bonchev–Trinajstić information content (AvgIpc) is 2.46. The normalized spacial score (nSPS) is 11.0. The summed E-state index contributed by atoms with van der Waals surface area (Å²) in [7, 11) is -3.70. The third-order valence-electron chi connectivity index (χ3n) is 2.80. The molecule has 6 nitrogen and oxygen atoms in total. The van der Waals surface area contributed by atoms with Crippen molar-refractivity contribution >= 4 is 16.0 Å². The number of aromatic nitrogens is 1. The molecule has 0 aliphatic heterocycles. The lowest BCUT2D eigenvalue weighted by atomic mass is 10.1. The molecule has 1 amide bonds. The van der Waals surface area contributed by atoms with Gasteiger partial charge in [0.2, 0.25) is 0 Å². The minimum absolute atomic E-state index is 0.0109. The first-order valence-electron chi connectivity index (χ1n) is 6.52. The number of carbonyl (C=O) groups excluding carboxylic acids is 1. The molecule has 0 aliphatic rings. The average molecular weight is 320 g/mol. The number of rotatable bonds is 5. The molecule has 0 unspecified atom stereocenters. The molecule has 22 heavy (non-hydrogen) atoms. The summed E-state index contributed by atoms with van der Waals surface area (Å²) in [5.41, 5.74) is 1.84.